The van der Waals surface area contributed by atoms with Crippen molar-refractivity contribution < 1.29 is 0 Å². The van der Waals surface area contributed by atoms with Crippen molar-refractivity contribution in [2.24, 2.45) is 5.73 Å². The monoisotopic (exact) mass is 187 g/mol. The van der Waals surface area contributed by atoms with Crippen LogP contribution in [0.2, 0.25) is 0 Å². The Labute approximate surface area is 85.9 Å². The van der Waals surface area contributed by atoms with Crippen molar-refractivity contribution in [1.82, 2.24) is 0 Å². The second-order valence-electron chi connectivity index (χ2n) is 3.46. The third kappa shape index (κ3) is 2.57. The first-order chi connectivity index (χ1) is 6.65. The maximum Gasteiger partial charge on any atom is 0.0545 e. The molecule has 1 unspecified atom stereocenters. The van der Waals surface area contributed by atoms with E-state index in [1.165, 1.54) is 5.56 Å². The summed E-state index contributed by atoms with van der Waals surface area (Å²) in [5.74, 6) is 0. The predicted octanol–water partition coefficient (Wildman–Crippen LogP) is 3.13. The number of rotatable bonds is 3. The normalized spacial score (nSPS) is 13.1. The van der Waals surface area contributed by atoms with E-state index >= 15 is 0 Å². The first-order valence-corrected chi connectivity index (χ1v) is 4.78. The lowest BCUT2D eigenvalue weighted by atomic mass is 9.99. The minimum absolute atomic E-state index is 0.0909. The molecule has 0 saturated heterocycles. The molecule has 0 saturated carbocycles. The molecule has 0 aromatic heterocycles. The Morgan fingerprint density at radius 3 is 2.43 bits per heavy atom. The molecule has 0 amide bonds. The second-order valence-corrected chi connectivity index (χ2v) is 3.46. The van der Waals surface area contributed by atoms with Gasteiger partial charge in [-0.25, -0.2) is 0 Å². The van der Waals surface area contributed by atoms with Crippen LogP contribution < -0.4 is 5.73 Å². The highest BCUT2D eigenvalue weighted by molar-refractivity contribution is 5.33. The van der Waals surface area contributed by atoms with Crippen LogP contribution in [0, 0.1) is 6.92 Å². The van der Waals surface area contributed by atoms with E-state index in [1.54, 1.807) is 0 Å². The quantitative estimate of drug-likeness (QED) is 0.723. The molecule has 1 rings (SSSR count). The van der Waals surface area contributed by atoms with Crippen molar-refractivity contribution in [3.8, 4) is 0 Å². The van der Waals surface area contributed by atoms with Crippen LogP contribution in [-0.2, 0) is 0 Å². The summed E-state index contributed by atoms with van der Waals surface area (Å²) in [6.07, 6.45) is 3.90. The molecular weight excluding hydrogens is 170 g/mol. The van der Waals surface area contributed by atoms with Crippen LogP contribution in [0.25, 0.3) is 0 Å². The zero-order valence-electron chi connectivity index (χ0n) is 8.83. The molecule has 0 fully saturated rings. The lowest BCUT2D eigenvalue weighted by molar-refractivity contribution is 0.873. The fourth-order valence-electron chi connectivity index (χ4n) is 1.31. The number of aryl methyl sites for hydroxylation is 1. The smallest absolute Gasteiger partial charge is 0.0545 e. The van der Waals surface area contributed by atoms with E-state index in [0.717, 1.165) is 11.1 Å². The summed E-state index contributed by atoms with van der Waals surface area (Å²) in [6, 6.07) is 8.14. The van der Waals surface area contributed by atoms with Crippen molar-refractivity contribution >= 4 is 0 Å². The Morgan fingerprint density at radius 2 is 1.93 bits per heavy atom. The van der Waals surface area contributed by atoms with Crippen molar-refractivity contribution in [2.75, 3.05) is 0 Å². The van der Waals surface area contributed by atoms with Crippen molar-refractivity contribution in [2.45, 2.75) is 19.9 Å². The number of nitrogens with two attached hydrogens (primary N) is 1. The zero-order valence-corrected chi connectivity index (χ0v) is 8.83. The molecule has 74 valence electrons. The molecule has 0 bridgehead atoms. The number of hydrogen-bond acceptors (Lipinski definition) is 1. The highest BCUT2D eigenvalue weighted by Crippen LogP contribution is 2.18. The van der Waals surface area contributed by atoms with E-state index in [4.69, 9.17) is 5.73 Å². The van der Waals surface area contributed by atoms with Gasteiger partial charge < -0.3 is 5.73 Å². The molecule has 2 N–H and O–H groups in total. The molecule has 0 aliphatic rings. The Balaban J connectivity index is 2.84. The average Bonchev–Trinajstić information content (AvgIpc) is 2.18. The molecular formula is C13H17N. The van der Waals surface area contributed by atoms with E-state index in [-0.39, 0.29) is 6.04 Å². The topological polar surface area (TPSA) is 26.0 Å². The van der Waals surface area contributed by atoms with Crippen LogP contribution in [0.4, 0.5) is 0 Å². The summed E-state index contributed by atoms with van der Waals surface area (Å²) >= 11 is 0. The molecule has 1 aromatic rings. The van der Waals surface area contributed by atoms with Crippen LogP contribution >= 0.6 is 0 Å². The van der Waals surface area contributed by atoms with E-state index in [0.29, 0.717) is 0 Å². The van der Waals surface area contributed by atoms with Gasteiger partial charge in [0.25, 0.3) is 0 Å². The van der Waals surface area contributed by atoms with Gasteiger partial charge in [0.2, 0.25) is 0 Å². The van der Waals surface area contributed by atoms with Gasteiger partial charge in [0.1, 0.15) is 0 Å². The minimum atomic E-state index is -0.0909. The van der Waals surface area contributed by atoms with Crippen molar-refractivity contribution in [3.63, 3.8) is 0 Å². The lowest BCUT2D eigenvalue weighted by Gasteiger charge is -2.12. The van der Waals surface area contributed by atoms with Gasteiger partial charge in [-0.2, -0.15) is 0 Å². The number of allylic oxidation sites excluding steroid dienone is 1. The third-order valence-electron chi connectivity index (χ3n) is 2.22. The van der Waals surface area contributed by atoms with E-state index in [1.807, 2.05) is 19.1 Å². The molecule has 0 aliphatic carbocycles. The van der Waals surface area contributed by atoms with E-state index in [2.05, 4.69) is 37.8 Å². The molecule has 1 nitrogen and oxygen atoms in total. The Bertz CT molecular complexity index is 333. The molecule has 0 aliphatic heterocycles. The Hall–Kier alpha value is -1.34. The fraction of sp³-hybridized carbons (Fsp3) is 0.231. The summed E-state index contributed by atoms with van der Waals surface area (Å²) in [5.41, 5.74) is 9.32. The molecule has 1 heteroatoms. The molecule has 0 heterocycles. The molecule has 0 radical (unpaired) electrons. The summed E-state index contributed by atoms with van der Waals surface area (Å²) in [5, 5.41) is 0. The summed E-state index contributed by atoms with van der Waals surface area (Å²) in [7, 11) is 0. The van der Waals surface area contributed by atoms with Gasteiger partial charge in [0, 0.05) is 0 Å². The number of hydrogen-bond donors (Lipinski definition) is 1. The highest BCUT2D eigenvalue weighted by Gasteiger charge is 2.06. The van der Waals surface area contributed by atoms with E-state index < -0.39 is 0 Å². The third-order valence-corrected chi connectivity index (χ3v) is 2.22. The van der Waals surface area contributed by atoms with Gasteiger partial charge in [-0.15, -0.1) is 0 Å². The van der Waals surface area contributed by atoms with Gasteiger partial charge in [-0.05, 0) is 25.0 Å². The summed E-state index contributed by atoms with van der Waals surface area (Å²) in [6.45, 7) is 7.96. The standard InChI is InChI=1S/C13H17N/c1-4-5-11(3)13(14)12-8-6-10(2)7-9-12/h4-9,13H,3,14H2,1-2H3/b5-4-. The van der Waals surface area contributed by atoms with Crippen molar-refractivity contribution in [3.05, 3.63) is 59.7 Å². The average molecular weight is 187 g/mol. The highest BCUT2D eigenvalue weighted by atomic mass is 14.6. The SMILES string of the molecule is C=C(/C=C\C)C(N)c1ccc(C)cc1. The van der Waals surface area contributed by atoms with Crippen LogP contribution in [0.5, 0.6) is 0 Å². The molecule has 14 heavy (non-hydrogen) atoms. The van der Waals surface area contributed by atoms with Gasteiger partial charge in [0.05, 0.1) is 6.04 Å². The Kier molecular flexibility index (Phi) is 3.66. The summed E-state index contributed by atoms with van der Waals surface area (Å²) in [4.78, 5) is 0. The number of benzene rings is 1. The molecule has 1 aromatic carbocycles. The first-order valence-electron chi connectivity index (χ1n) is 4.78. The van der Waals surface area contributed by atoms with Gasteiger partial charge in [-0.3, -0.25) is 0 Å². The molecule has 0 spiro atoms. The van der Waals surface area contributed by atoms with Crippen molar-refractivity contribution in [1.29, 1.82) is 0 Å². The maximum absolute atomic E-state index is 6.02. The zero-order chi connectivity index (χ0) is 10.6. The minimum Gasteiger partial charge on any atom is -0.320 e. The maximum atomic E-state index is 6.02. The van der Waals surface area contributed by atoms with Crippen LogP contribution in [0.3, 0.4) is 0 Å². The van der Waals surface area contributed by atoms with Gasteiger partial charge in [-0.1, -0.05) is 48.6 Å². The molecule has 1 atom stereocenters. The lowest BCUT2D eigenvalue weighted by Crippen LogP contribution is -2.11. The van der Waals surface area contributed by atoms with Crippen LogP contribution in [0.15, 0.2) is 48.6 Å². The van der Waals surface area contributed by atoms with Crippen LogP contribution in [0.1, 0.15) is 24.1 Å². The first kappa shape index (κ1) is 10.7. The summed E-state index contributed by atoms with van der Waals surface area (Å²) < 4.78 is 0. The van der Waals surface area contributed by atoms with Gasteiger partial charge >= 0.3 is 0 Å². The van der Waals surface area contributed by atoms with E-state index in [9.17, 15) is 0 Å². The fourth-order valence-corrected chi connectivity index (χ4v) is 1.31. The van der Waals surface area contributed by atoms with Crippen LogP contribution in [-0.4, -0.2) is 0 Å². The largest absolute Gasteiger partial charge is 0.320 e. The van der Waals surface area contributed by atoms with Gasteiger partial charge in [0.15, 0.2) is 0 Å². The predicted molar refractivity (Wildman–Crippen MR) is 62.1 cm³/mol. The Morgan fingerprint density at radius 1 is 1.36 bits per heavy atom. The second kappa shape index (κ2) is 4.77.